The Labute approximate surface area is 107 Å². The number of hydrogen-bond acceptors (Lipinski definition) is 4. The molecule has 1 aromatic carbocycles. The van der Waals surface area contributed by atoms with E-state index in [-0.39, 0.29) is 11.5 Å². The highest BCUT2D eigenvalue weighted by atomic mass is 19.1. The van der Waals surface area contributed by atoms with Gasteiger partial charge in [-0.1, -0.05) is 6.07 Å². The van der Waals surface area contributed by atoms with Crippen molar-refractivity contribution in [3.63, 3.8) is 0 Å². The number of nitrogen functional groups attached to an aromatic ring is 1. The molecule has 0 aromatic heterocycles. The summed E-state index contributed by atoms with van der Waals surface area (Å²) in [5.41, 5.74) is 6.43. The lowest BCUT2D eigenvalue weighted by Crippen LogP contribution is -2.07. The van der Waals surface area contributed by atoms with Gasteiger partial charge in [0.05, 0.1) is 24.6 Å². The molecule has 0 saturated heterocycles. The number of benzene rings is 1. The highest BCUT2D eigenvalue weighted by Gasteiger charge is 2.02. The first-order valence-electron chi connectivity index (χ1n) is 6.10. The fourth-order valence-electron chi connectivity index (χ4n) is 1.49. The lowest BCUT2D eigenvalue weighted by molar-refractivity contribution is 0.0691. The van der Waals surface area contributed by atoms with Crippen LogP contribution in [0, 0.1) is 5.82 Å². The van der Waals surface area contributed by atoms with Gasteiger partial charge in [0.2, 0.25) is 0 Å². The van der Waals surface area contributed by atoms with E-state index in [2.05, 4.69) is 5.32 Å². The van der Waals surface area contributed by atoms with Crippen molar-refractivity contribution < 1.29 is 13.9 Å². The molecule has 0 spiro atoms. The van der Waals surface area contributed by atoms with Crippen LogP contribution in [0.15, 0.2) is 18.2 Å². The molecule has 0 fully saturated rings. The number of nitrogens with one attached hydrogen (secondary N) is 1. The zero-order valence-corrected chi connectivity index (χ0v) is 10.7. The Morgan fingerprint density at radius 3 is 2.83 bits per heavy atom. The SMILES string of the molecule is COCCOCCCCNc1cccc(F)c1N. The molecular formula is C13H21FN2O2. The van der Waals surface area contributed by atoms with Crippen molar-refractivity contribution in [1.82, 2.24) is 0 Å². The van der Waals surface area contributed by atoms with Gasteiger partial charge in [-0.2, -0.15) is 0 Å². The number of methoxy groups -OCH3 is 1. The van der Waals surface area contributed by atoms with Crippen LogP contribution in [0.4, 0.5) is 15.8 Å². The van der Waals surface area contributed by atoms with Crippen LogP contribution in [0.3, 0.4) is 0 Å². The summed E-state index contributed by atoms with van der Waals surface area (Å²) in [6.07, 6.45) is 1.90. The molecule has 0 amide bonds. The standard InChI is InChI=1S/C13H21FN2O2/c1-17-9-10-18-8-3-2-7-16-12-6-4-5-11(14)13(12)15/h4-6,16H,2-3,7-10,15H2,1H3. The van der Waals surface area contributed by atoms with Crippen molar-refractivity contribution in [2.45, 2.75) is 12.8 Å². The Kier molecular flexibility index (Phi) is 7.13. The van der Waals surface area contributed by atoms with E-state index in [1.165, 1.54) is 6.07 Å². The van der Waals surface area contributed by atoms with E-state index in [4.69, 9.17) is 15.2 Å². The van der Waals surface area contributed by atoms with Crippen LogP contribution in [0.1, 0.15) is 12.8 Å². The lowest BCUT2D eigenvalue weighted by Gasteiger charge is -2.09. The molecule has 0 atom stereocenters. The maximum absolute atomic E-state index is 13.1. The van der Waals surface area contributed by atoms with Gasteiger partial charge in [0, 0.05) is 20.3 Å². The molecule has 0 aliphatic rings. The normalized spacial score (nSPS) is 10.6. The first-order valence-corrected chi connectivity index (χ1v) is 6.10. The Morgan fingerprint density at radius 1 is 1.22 bits per heavy atom. The molecular weight excluding hydrogens is 235 g/mol. The number of halogens is 1. The van der Waals surface area contributed by atoms with Gasteiger partial charge in [0.1, 0.15) is 5.82 Å². The highest BCUT2D eigenvalue weighted by molar-refractivity contribution is 5.66. The van der Waals surface area contributed by atoms with Gasteiger partial charge in [0.15, 0.2) is 0 Å². The molecule has 0 heterocycles. The van der Waals surface area contributed by atoms with Crippen LogP contribution in [-0.4, -0.2) is 33.5 Å². The molecule has 0 unspecified atom stereocenters. The van der Waals surface area contributed by atoms with Crippen LogP contribution < -0.4 is 11.1 Å². The van der Waals surface area contributed by atoms with Crippen LogP contribution in [0.5, 0.6) is 0 Å². The Balaban J connectivity index is 2.09. The summed E-state index contributed by atoms with van der Waals surface area (Å²) in [4.78, 5) is 0. The third kappa shape index (κ3) is 5.33. The summed E-state index contributed by atoms with van der Waals surface area (Å²) >= 11 is 0. The molecule has 0 radical (unpaired) electrons. The minimum absolute atomic E-state index is 0.175. The van der Waals surface area contributed by atoms with E-state index in [0.717, 1.165) is 19.4 Å². The first kappa shape index (κ1) is 14.7. The van der Waals surface area contributed by atoms with Crippen molar-refractivity contribution in [2.75, 3.05) is 44.5 Å². The summed E-state index contributed by atoms with van der Waals surface area (Å²) in [6.45, 7) is 2.71. The van der Waals surface area contributed by atoms with Crippen molar-refractivity contribution in [2.24, 2.45) is 0 Å². The number of hydrogen-bond donors (Lipinski definition) is 2. The zero-order chi connectivity index (χ0) is 13.2. The van der Waals surface area contributed by atoms with E-state index < -0.39 is 0 Å². The third-order valence-corrected chi connectivity index (χ3v) is 2.52. The molecule has 1 aromatic rings. The van der Waals surface area contributed by atoms with Crippen LogP contribution >= 0.6 is 0 Å². The van der Waals surface area contributed by atoms with E-state index in [0.29, 0.717) is 25.5 Å². The monoisotopic (exact) mass is 256 g/mol. The maximum atomic E-state index is 13.1. The molecule has 102 valence electrons. The van der Waals surface area contributed by atoms with Crippen molar-refractivity contribution >= 4 is 11.4 Å². The Bertz CT molecular complexity index is 348. The number of unbranched alkanes of at least 4 members (excludes halogenated alkanes) is 1. The van der Waals surface area contributed by atoms with Gasteiger partial charge in [-0.25, -0.2) is 4.39 Å². The van der Waals surface area contributed by atoms with Gasteiger partial charge < -0.3 is 20.5 Å². The number of ether oxygens (including phenoxy) is 2. The Morgan fingerprint density at radius 2 is 2.06 bits per heavy atom. The van der Waals surface area contributed by atoms with Gasteiger partial charge >= 0.3 is 0 Å². The van der Waals surface area contributed by atoms with Gasteiger partial charge in [-0.3, -0.25) is 0 Å². The number of para-hydroxylation sites is 1. The van der Waals surface area contributed by atoms with Crippen LogP contribution in [-0.2, 0) is 9.47 Å². The summed E-state index contributed by atoms with van der Waals surface area (Å²) < 4.78 is 23.3. The smallest absolute Gasteiger partial charge is 0.148 e. The molecule has 5 heteroatoms. The summed E-state index contributed by atoms with van der Waals surface area (Å²) in [6, 6.07) is 4.76. The van der Waals surface area contributed by atoms with E-state index in [9.17, 15) is 4.39 Å². The van der Waals surface area contributed by atoms with Crippen LogP contribution in [0.2, 0.25) is 0 Å². The van der Waals surface area contributed by atoms with E-state index >= 15 is 0 Å². The molecule has 3 N–H and O–H groups in total. The summed E-state index contributed by atoms with van der Waals surface area (Å²) in [5, 5.41) is 3.11. The third-order valence-electron chi connectivity index (χ3n) is 2.52. The van der Waals surface area contributed by atoms with E-state index in [1.807, 2.05) is 0 Å². The van der Waals surface area contributed by atoms with E-state index in [1.54, 1.807) is 19.2 Å². The summed E-state index contributed by atoms with van der Waals surface area (Å²) in [5.74, 6) is -0.386. The minimum Gasteiger partial charge on any atom is -0.395 e. The van der Waals surface area contributed by atoms with Gasteiger partial charge in [-0.15, -0.1) is 0 Å². The average molecular weight is 256 g/mol. The van der Waals surface area contributed by atoms with Crippen molar-refractivity contribution in [3.8, 4) is 0 Å². The van der Waals surface area contributed by atoms with Crippen molar-refractivity contribution in [3.05, 3.63) is 24.0 Å². The van der Waals surface area contributed by atoms with Gasteiger partial charge in [0.25, 0.3) is 0 Å². The number of anilines is 2. The quantitative estimate of drug-likeness (QED) is 0.525. The lowest BCUT2D eigenvalue weighted by atomic mass is 10.2. The van der Waals surface area contributed by atoms with Crippen LogP contribution in [0.25, 0.3) is 0 Å². The highest BCUT2D eigenvalue weighted by Crippen LogP contribution is 2.20. The molecule has 0 saturated carbocycles. The molecule has 0 aliphatic heterocycles. The molecule has 4 nitrogen and oxygen atoms in total. The van der Waals surface area contributed by atoms with Crippen molar-refractivity contribution in [1.29, 1.82) is 0 Å². The predicted octanol–water partition coefficient (Wildman–Crippen LogP) is 2.26. The Hall–Kier alpha value is -1.33. The summed E-state index contributed by atoms with van der Waals surface area (Å²) in [7, 11) is 1.65. The maximum Gasteiger partial charge on any atom is 0.148 e. The molecule has 1 rings (SSSR count). The van der Waals surface area contributed by atoms with Gasteiger partial charge in [-0.05, 0) is 25.0 Å². The fraction of sp³-hybridized carbons (Fsp3) is 0.538. The fourth-order valence-corrected chi connectivity index (χ4v) is 1.49. The zero-order valence-electron chi connectivity index (χ0n) is 10.7. The second-order valence-corrected chi connectivity index (χ2v) is 3.94. The number of nitrogens with two attached hydrogens (primary N) is 1. The second-order valence-electron chi connectivity index (χ2n) is 3.94. The topological polar surface area (TPSA) is 56.5 Å². The average Bonchev–Trinajstić information content (AvgIpc) is 2.37. The number of rotatable bonds is 9. The largest absolute Gasteiger partial charge is 0.395 e. The first-order chi connectivity index (χ1) is 8.75. The minimum atomic E-state index is -0.386. The predicted molar refractivity (Wildman–Crippen MR) is 71.2 cm³/mol. The second kappa shape index (κ2) is 8.72. The molecule has 18 heavy (non-hydrogen) atoms. The molecule has 0 aliphatic carbocycles. The molecule has 0 bridgehead atoms.